The van der Waals surface area contributed by atoms with Gasteiger partial charge in [-0.3, -0.25) is 14.4 Å². The van der Waals surface area contributed by atoms with Crippen LogP contribution in [0.5, 0.6) is 46.0 Å². The van der Waals surface area contributed by atoms with E-state index >= 15 is 0 Å². The van der Waals surface area contributed by atoms with Crippen molar-refractivity contribution in [1.82, 2.24) is 0 Å². The SMILES string of the molecule is COc1cc(OCC(=O)C(=O)C(=O)COc2cc(OC)c3c(c2)OCO3)cc(OC)c1OC. The molecule has 3 rings (SSSR count). The average Bonchev–Trinajstić information content (AvgIpc) is 3.32. The van der Waals surface area contributed by atoms with Gasteiger partial charge in [-0.05, 0) is 0 Å². The van der Waals surface area contributed by atoms with Gasteiger partial charge < -0.3 is 37.9 Å². The zero-order chi connectivity index (χ0) is 24.0. The summed E-state index contributed by atoms with van der Waals surface area (Å²) in [5.41, 5.74) is 0. The Hall–Kier alpha value is -4.15. The molecule has 0 amide bonds. The highest BCUT2D eigenvalue weighted by Gasteiger charge is 2.25. The van der Waals surface area contributed by atoms with Crippen molar-refractivity contribution >= 4 is 17.3 Å². The molecule has 2 aromatic rings. The molecule has 11 nitrogen and oxygen atoms in total. The molecule has 1 aliphatic rings. The van der Waals surface area contributed by atoms with Crippen molar-refractivity contribution in [3.05, 3.63) is 24.3 Å². The Kier molecular flexibility index (Phi) is 7.44. The number of ether oxygens (including phenoxy) is 8. The maximum Gasteiger partial charge on any atom is 0.271 e. The highest BCUT2D eigenvalue weighted by Crippen LogP contribution is 2.44. The lowest BCUT2D eigenvalue weighted by Gasteiger charge is -2.14. The van der Waals surface area contributed by atoms with E-state index in [-0.39, 0.29) is 18.3 Å². The lowest BCUT2D eigenvalue weighted by Crippen LogP contribution is -2.32. The largest absolute Gasteiger partial charge is 0.493 e. The van der Waals surface area contributed by atoms with E-state index in [2.05, 4.69) is 0 Å². The Morgan fingerprint density at radius 3 is 1.76 bits per heavy atom. The molecule has 33 heavy (non-hydrogen) atoms. The molecule has 1 aliphatic heterocycles. The van der Waals surface area contributed by atoms with Gasteiger partial charge >= 0.3 is 0 Å². The van der Waals surface area contributed by atoms with Gasteiger partial charge in [-0.2, -0.15) is 0 Å². The molecule has 0 aliphatic carbocycles. The van der Waals surface area contributed by atoms with Crippen molar-refractivity contribution in [2.75, 3.05) is 48.4 Å². The standard InChI is InChI=1S/C22H22O11/c1-26-16-5-12(6-17(27-2)21(16)29-4)30-9-14(23)20(25)15(24)10-31-13-7-18(28-3)22-19(8-13)32-11-33-22/h5-8H,9-11H2,1-4H3. The van der Waals surface area contributed by atoms with E-state index in [0.29, 0.717) is 34.5 Å². The molecule has 0 N–H and O–H groups in total. The highest BCUT2D eigenvalue weighted by molar-refractivity contribution is 6.64. The molecule has 0 fully saturated rings. The Balaban J connectivity index is 1.58. The summed E-state index contributed by atoms with van der Waals surface area (Å²) >= 11 is 0. The molecule has 0 atom stereocenters. The van der Waals surface area contributed by atoms with Crippen LogP contribution in [0.2, 0.25) is 0 Å². The van der Waals surface area contributed by atoms with Crippen molar-refractivity contribution in [3.63, 3.8) is 0 Å². The normalized spacial score (nSPS) is 11.4. The van der Waals surface area contributed by atoms with Gasteiger partial charge in [0.05, 0.1) is 28.4 Å². The lowest BCUT2D eigenvalue weighted by molar-refractivity contribution is -0.145. The van der Waals surface area contributed by atoms with Crippen LogP contribution in [0.1, 0.15) is 0 Å². The molecule has 176 valence electrons. The second-order valence-electron chi connectivity index (χ2n) is 6.47. The molecule has 0 aromatic heterocycles. The third-order valence-electron chi connectivity index (χ3n) is 4.52. The maximum absolute atomic E-state index is 12.2. The van der Waals surface area contributed by atoms with Crippen LogP contribution >= 0.6 is 0 Å². The predicted molar refractivity (Wildman–Crippen MR) is 111 cm³/mol. The van der Waals surface area contributed by atoms with Crippen molar-refractivity contribution in [3.8, 4) is 46.0 Å². The van der Waals surface area contributed by atoms with Gasteiger partial charge in [0.1, 0.15) is 11.5 Å². The fourth-order valence-electron chi connectivity index (χ4n) is 2.91. The average molecular weight is 462 g/mol. The van der Waals surface area contributed by atoms with Gasteiger partial charge in [-0.25, -0.2) is 0 Å². The summed E-state index contributed by atoms with van der Waals surface area (Å²) in [6.45, 7) is -1.30. The minimum Gasteiger partial charge on any atom is -0.493 e. The molecule has 0 saturated carbocycles. The van der Waals surface area contributed by atoms with E-state index in [9.17, 15) is 14.4 Å². The molecule has 1 heterocycles. The zero-order valence-corrected chi connectivity index (χ0v) is 18.4. The molecule has 0 radical (unpaired) electrons. The van der Waals surface area contributed by atoms with Gasteiger partial charge in [0.25, 0.3) is 5.78 Å². The second-order valence-corrected chi connectivity index (χ2v) is 6.47. The van der Waals surface area contributed by atoms with Crippen molar-refractivity contribution in [2.45, 2.75) is 0 Å². The number of hydrogen-bond acceptors (Lipinski definition) is 11. The van der Waals surface area contributed by atoms with Crippen molar-refractivity contribution in [1.29, 1.82) is 0 Å². The number of hydrogen-bond donors (Lipinski definition) is 0. The Labute approximate surface area is 189 Å². The number of benzene rings is 2. The van der Waals surface area contributed by atoms with Crippen molar-refractivity contribution < 1.29 is 52.3 Å². The first kappa shape index (κ1) is 23.5. The van der Waals surface area contributed by atoms with Crippen LogP contribution in [0.25, 0.3) is 0 Å². The number of Topliss-reactive ketones (excluding diaryl/α,β-unsaturated/α-hetero) is 3. The number of fused-ring (bicyclic) bond motifs is 1. The highest BCUT2D eigenvalue weighted by atomic mass is 16.7. The third kappa shape index (κ3) is 5.20. The molecular formula is C22H22O11. The van der Waals surface area contributed by atoms with Crippen molar-refractivity contribution in [2.24, 2.45) is 0 Å². The summed E-state index contributed by atoms with van der Waals surface area (Å²) in [5.74, 6) is -0.885. The van der Waals surface area contributed by atoms with Gasteiger partial charge in [-0.15, -0.1) is 0 Å². The fourth-order valence-corrected chi connectivity index (χ4v) is 2.91. The van der Waals surface area contributed by atoms with E-state index in [1.807, 2.05) is 0 Å². The zero-order valence-electron chi connectivity index (χ0n) is 18.4. The lowest BCUT2D eigenvalue weighted by atomic mass is 10.2. The van der Waals surface area contributed by atoms with Crippen LogP contribution in [0.4, 0.5) is 0 Å². The van der Waals surface area contributed by atoms with Crippen LogP contribution < -0.4 is 37.9 Å². The summed E-state index contributed by atoms with van der Waals surface area (Å²) in [5, 5.41) is 0. The van der Waals surface area contributed by atoms with E-state index in [1.54, 1.807) is 0 Å². The molecule has 2 aromatic carbocycles. The Morgan fingerprint density at radius 1 is 0.727 bits per heavy atom. The van der Waals surface area contributed by atoms with E-state index in [4.69, 9.17) is 37.9 Å². The number of ketones is 3. The molecule has 0 saturated heterocycles. The second kappa shape index (κ2) is 10.4. The van der Waals surface area contributed by atoms with Crippen LogP contribution in [0.3, 0.4) is 0 Å². The van der Waals surface area contributed by atoms with Gasteiger partial charge in [0.15, 0.2) is 36.2 Å². The molecule has 0 bridgehead atoms. The van der Waals surface area contributed by atoms with E-state index in [1.165, 1.54) is 52.7 Å². The topological polar surface area (TPSA) is 125 Å². The fraction of sp³-hybridized carbons (Fsp3) is 0.318. The predicted octanol–water partition coefficient (Wildman–Crippen LogP) is 1.61. The van der Waals surface area contributed by atoms with Crippen LogP contribution in [0, 0.1) is 0 Å². The Bertz CT molecular complexity index is 1040. The Morgan fingerprint density at radius 2 is 1.24 bits per heavy atom. The minimum absolute atomic E-state index is 0.0208. The van der Waals surface area contributed by atoms with Crippen LogP contribution in [0.15, 0.2) is 24.3 Å². The first-order valence-corrected chi connectivity index (χ1v) is 9.55. The van der Waals surface area contributed by atoms with Gasteiger partial charge in [-0.1, -0.05) is 0 Å². The summed E-state index contributed by atoms with van der Waals surface area (Å²) in [4.78, 5) is 36.5. The minimum atomic E-state index is -1.25. The van der Waals surface area contributed by atoms with Gasteiger partial charge in [0, 0.05) is 24.3 Å². The smallest absolute Gasteiger partial charge is 0.271 e. The summed E-state index contributed by atoms with van der Waals surface area (Å²) in [7, 11) is 5.72. The van der Waals surface area contributed by atoms with Crippen LogP contribution in [-0.2, 0) is 14.4 Å². The number of methoxy groups -OCH3 is 4. The first-order chi connectivity index (χ1) is 15.9. The third-order valence-corrected chi connectivity index (χ3v) is 4.52. The monoisotopic (exact) mass is 462 g/mol. The summed E-state index contributed by atoms with van der Waals surface area (Å²) in [6.07, 6.45) is 0. The first-order valence-electron chi connectivity index (χ1n) is 9.55. The molecule has 0 unspecified atom stereocenters. The maximum atomic E-state index is 12.2. The number of rotatable bonds is 12. The van der Waals surface area contributed by atoms with Crippen LogP contribution in [-0.4, -0.2) is 65.8 Å². The molecule has 0 spiro atoms. The molecule has 11 heteroatoms. The summed E-state index contributed by atoms with van der Waals surface area (Å²) in [6, 6.07) is 5.87. The van der Waals surface area contributed by atoms with E-state index in [0.717, 1.165) is 0 Å². The quantitative estimate of drug-likeness (QED) is 0.337. The number of carbonyl (C=O) groups excluding carboxylic acids is 3. The molecular weight excluding hydrogens is 440 g/mol. The van der Waals surface area contributed by atoms with Gasteiger partial charge in [0.2, 0.25) is 29.9 Å². The summed E-state index contributed by atoms with van der Waals surface area (Å²) < 4.78 is 42.0. The number of carbonyl (C=O) groups is 3. The van der Waals surface area contributed by atoms with E-state index < -0.39 is 30.6 Å².